The third kappa shape index (κ3) is 1.10. The van der Waals surface area contributed by atoms with Gasteiger partial charge in [-0.1, -0.05) is 0 Å². The quantitative estimate of drug-likeness (QED) is 0.566. The number of carbonyl (C=O) groups is 1. The molecule has 0 spiro atoms. The summed E-state index contributed by atoms with van der Waals surface area (Å²) in [5.74, 6) is 1.19. The van der Waals surface area contributed by atoms with E-state index >= 15 is 0 Å². The summed E-state index contributed by atoms with van der Waals surface area (Å²) in [7, 11) is 0. The highest BCUT2D eigenvalue weighted by atomic mass is 16.2. The zero-order valence-corrected chi connectivity index (χ0v) is 7.75. The molecule has 72 valence electrons. The number of hydrogen-bond donors (Lipinski definition) is 2. The SMILES string of the molecule is N[C@]12C[C@@H]3C[C@H](C1)NC(=O)[C@@H](C3)C2. The topological polar surface area (TPSA) is 55.1 Å². The third-order valence-electron chi connectivity index (χ3n) is 3.95. The number of nitrogens with two attached hydrogens (primary N) is 1. The van der Waals surface area contributed by atoms with Crippen LogP contribution in [-0.4, -0.2) is 17.5 Å². The average Bonchev–Trinajstić information content (AvgIpc) is 2.12. The van der Waals surface area contributed by atoms with Crippen molar-refractivity contribution >= 4 is 5.91 Å². The van der Waals surface area contributed by atoms with E-state index < -0.39 is 0 Å². The van der Waals surface area contributed by atoms with Crippen molar-refractivity contribution in [3.05, 3.63) is 0 Å². The van der Waals surface area contributed by atoms with Gasteiger partial charge in [0.1, 0.15) is 0 Å². The van der Waals surface area contributed by atoms with Gasteiger partial charge in [-0.3, -0.25) is 4.79 Å². The summed E-state index contributed by atoms with van der Waals surface area (Å²) >= 11 is 0. The molecule has 4 atom stereocenters. The fraction of sp³-hybridized carbons (Fsp3) is 0.900. The number of fused-ring (bicyclic) bond motifs is 1. The minimum absolute atomic E-state index is 0.0182. The van der Waals surface area contributed by atoms with Gasteiger partial charge in [-0.25, -0.2) is 0 Å². The van der Waals surface area contributed by atoms with Crippen LogP contribution in [0.15, 0.2) is 0 Å². The number of rotatable bonds is 0. The number of carbonyl (C=O) groups excluding carboxylic acids is 1. The highest BCUT2D eigenvalue weighted by Crippen LogP contribution is 2.46. The zero-order valence-electron chi connectivity index (χ0n) is 7.75. The monoisotopic (exact) mass is 180 g/mol. The van der Waals surface area contributed by atoms with Crippen LogP contribution in [0.3, 0.4) is 0 Å². The zero-order chi connectivity index (χ0) is 9.05. The number of hydrogen-bond acceptors (Lipinski definition) is 2. The Kier molecular flexibility index (Phi) is 1.36. The summed E-state index contributed by atoms with van der Waals surface area (Å²) in [5, 5.41) is 3.11. The van der Waals surface area contributed by atoms with Crippen molar-refractivity contribution in [3.8, 4) is 0 Å². The first kappa shape index (κ1) is 7.80. The molecule has 0 aromatic rings. The molecule has 13 heavy (non-hydrogen) atoms. The van der Waals surface area contributed by atoms with Crippen LogP contribution in [0.4, 0.5) is 0 Å². The molecule has 3 nitrogen and oxygen atoms in total. The smallest absolute Gasteiger partial charge is 0.223 e. The molecule has 0 aromatic carbocycles. The van der Waals surface area contributed by atoms with Crippen LogP contribution < -0.4 is 11.1 Å². The Hall–Kier alpha value is -0.570. The van der Waals surface area contributed by atoms with Crippen LogP contribution >= 0.6 is 0 Å². The first-order valence-electron chi connectivity index (χ1n) is 5.24. The summed E-state index contributed by atoms with van der Waals surface area (Å²) in [5.41, 5.74) is 6.27. The second-order valence-corrected chi connectivity index (χ2v) is 5.21. The highest BCUT2D eigenvalue weighted by Gasteiger charge is 2.49. The first-order chi connectivity index (χ1) is 6.15. The molecule has 4 rings (SSSR count). The van der Waals surface area contributed by atoms with E-state index in [-0.39, 0.29) is 17.4 Å². The second-order valence-electron chi connectivity index (χ2n) is 5.21. The molecule has 0 radical (unpaired) electrons. The molecule has 1 amide bonds. The van der Waals surface area contributed by atoms with Crippen LogP contribution in [-0.2, 0) is 4.79 Å². The molecule has 4 aliphatic rings. The molecule has 2 heterocycles. The Morgan fingerprint density at radius 2 is 2.15 bits per heavy atom. The van der Waals surface area contributed by atoms with E-state index in [4.69, 9.17) is 5.73 Å². The Morgan fingerprint density at radius 3 is 2.92 bits per heavy atom. The molecule has 2 saturated carbocycles. The molecule has 3 N–H and O–H groups in total. The minimum atomic E-state index is -0.0182. The van der Waals surface area contributed by atoms with Crippen LogP contribution in [0.25, 0.3) is 0 Å². The van der Waals surface area contributed by atoms with E-state index in [0.717, 1.165) is 25.7 Å². The van der Waals surface area contributed by atoms with E-state index in [0.29, 0.717) is 12.0 Å². The second kappa shape index (κ2) is 2.27. The van der Waals surface area contributed by atoms with Crippen molar-refractivity contribution in [1.29, 1.82) is 0 Å². The van der Waals surface area contributed by atoms with Crippen LogP contribution in [0, 0.1) is 11.8 Å². The normalized spacial score (nSPS) is 53.3. The lowest BCUT2D eigenvalue weighted by atomic mass is 9.64. The molecular weight excluding hydrogens is 164 g/mol. The number of amides is 1. The average molecular weight is 180 g/mol. The van der Waals surface area contributed by atoms with Gasteiger partial charge in [0, 0.05) is 17.5 Å². The predicted octanol–water partition coefficient (Wildman–Crippen LogP) is 0.392. The van der Waals surface area contributed by atoms with Crippen molar-refractivity contribution in [2.75, 3.05) is 0 Å². The fourth-order valence-electron chi connectivity index (χ4n) is 3.67. The third-order valence-corrected chi connectivity index (χ3v) is 3.95. The Morgan fingerprint density at radius 1 is 1.31 bits per heavy atom. The van der Waals surface area contributed by atoms with Crippen molar-refractivity contribution in [2.45, 2.75) is 43.7 Å². The summed E-state index contributed by atoms with van der Waals surface area (Å²) in [6, 6.07) is 0.378. The van der Waals surface area contributed by atoms with Gasteiger partial charge in [0.05, 0.1) is 0 Å². The fourth-order valence-corrected chi connectivity index (χ4v) is 3.67. The van der Waals surface area contributed by atoms with Gasteiger partial charge in [0.2, 0.25) is 5.91 Å². The Balaban J connectivity index is 2.00. The maximum absolute atomic E-state index is 11.6. The molecule has 0 aromatic heterocycles. The van der Waals surface area contributed by atoms with E-state index in [1.165, 1.54) is 6.42 Å². The predicted molar refractivity (Wildman–Crippen MR) is 48.9 cm³/mol. The van der Waals surface area contributed by atoms with Gasteiger partial charge in [0.15, 0.2) is 0 Å². The molecule has 2 saturated heterocycles. The van der Waals surface area contributed by atoms with Gasteiger partial charge >= 0.3 is 0 Å². The lowest BCUT2D eigenvalue weighted by Crippen LogP contribution is -2.52. The molecular formula is C10H16N2O. The van der Waals surface area contributed by atoms with Gasteiger partial charge < -0.3 is 11.1 Å². The maximum Gasteiger partial charge on any atom is 0.223 e. The summed E-state index contributed by atoms with van der Waals surface area (Å²) in [6.45, 7) is 0. The Bertz CT molecular complexity index is 266. The maximum atomic E-state index is 11.6. The highest BCUT2D eigenvalue weighted by molar-refractivity contribution is 5.80. The standard InChI is InChI=1S/C10H16N2O/c11-10-3-6-1-7(4-10)9(13)12-8(2-6)5-10/h6-8H,1-5,11H2,(H,12,13)/t6-,7-,8+,10-/m0/s1. The molecule has 0 unspecified atom stereocenters. The molecule has 2 aliphatic heterocycles. The summed E-state index contributed by atoms with van der Waals surface area (Å²) < 4.78 is 0. The lowest BCUT2D eigenvalue weighted by molar-refractivity contribution is -0.125. The van der Waals surface area contributed by atoms with Crippen LogP contribution in [0.5, 0.6) is 0 Å². The Labute approximate surface area is 78.1 Å². The van der Waals surface area contributed by atoms with Gasteiger partial charge in [-0.2, -0.15) is 0 Å². The molecule has 4 bridgehead atoms. The van der Waals surface area contributed by atoms with Gasteiger partial charge in [-0.15, -0.1) is 0 Å². The molecule has 4 fully saturated rings. The molecule has 3 heteroatoms. The number of nitrogens with one attached hydrogen (secondary N) is 1. The van der Waals surface area contributed by atoms with Crippen molar-refractivity contribution < 1.29 is 4.79 Å². The van der Waals surface area contributed by atoms with Crippen LogP contribution in [0.1, 0.15) is 32.1 Å². The lowest BCUT2D eigenvalue weighted by Gasteiger charge is -2.44. The summed E-state index contributed by atoms with van der Waals surface area (Å²) in [4.78, 5) is 11.6. The van der Waals surface area contributed by atoms with E-state index in [9.17, 15) is 4.79 Å². The van der Waals surface area contributed by atoms with E-state index in [2.05, 4.69) is 5.32 Å². The molecule has 2 aliphatic carbocycles. The minimum Gasteiger partial charge on any atom is -0.353 e. The van der Waals surface area contributed by atoms with Crippen LogP contribution in [0.2, 0.25) is 0 Å². The van der Waals surface area contributed by atoms with E-state index in [1.54, 1.807) is 0 Å². The van der Waals surface area contributed by atoms with Crippen molar-refractivity contribution in [3.63, 3.8) is 0 Å². The van der Waals surface area contributed by atoms with Gasteiger partial charge in [-0.05, 0) is 38.0 Å². The first-order valence-corrected chi connectivity index (χ1v) is 5.24. The summed E-state index contributed by atoms with van der Waals surface area (Å²) in [6.07, 6.45) is 5.33. The van der Waals surface area contributed by atoms with Crippen molar-refractivity contribution in [1.82, 2.24) is 5.32 Å². The largest absolute Gasteiger partial charge is 0.353 e. The van der Waals surface area contributed by atoms with Gasteiger partial charge in [0.25, 0.3) is 0 Å². The van der Waals surface area contributed by atoms with Crippen molar-refractivity contribution in [2.24, 2.45) is 17.6 Å². The van der Waals surface area contributed by atoms with E-state index in [1.807, 2.05) is 0 Å².